The van der Waals surface area contributed by atoms with Crippen molar-refractivity contribution in [1.82, 2.24) is 4.83 Å². The lowest BCUT2D eigenvalue weighted by molar-refractivity contribution is 0.0729. The molecule has 0 fully saturated rings. The molecule has 166 valence electrons. The van der Waals surface area contributed by atoms with E-state index in [0.717, 1.165) is 0 Å². The average molecular weight is 514 g/mol. The fourth-order valence-corrected chi connectivity index (χ4v) is 3.68. The number of carbonyl (C=O) groups is 1. The SMILES string of the molecule is COc1cc(C=NNS(=O)(=O)c2ccc(Cl)cc2)ccc1OC(=O)c1ccc(Cl)c(Cl)c1. The van der Waals surface area contributed by atoms with Crippen molar-refractivity contribution in [2.24, 2.45) is 5.10 Å². The second kappa shape index (κ2) is 10.2. The number of ether oxygens (including phenoxy) is 2. The van der Waals surface area contributed by atoms with Gasteiger partial charge in [0.15, 0.2) is 11.5 Å². The van der Waals surface area contributed by atoms with Crippen molar-refractivity contribution in [1.29, 1.82) is 0 Å². The first-order chi connectivity index (χ1) is 15.2. The predicted molar refractivity (Wildman–Crippen MR) is 124 cm³/mol. The van der Waals surface area contributed by atoms with E-state index in [0.29, 0.717) is 15.6 Å². The number of rotatable bonds is 7. The zero-order valence-corrected chi connectivity index (χ0v) is 19.5. The molecule has 0 radical (unpaired) electrons. The van der Waals surface area contributed by atoms with Crippen molar-refractivity contribution >= 4 is 57.0 Å². The van der Waals surface area contributed by atoms with E-state index in [4.69, 9.17) is 44.3 Å². The Morgan fingerprint density at radius 1 is 0.938 bits per heavy atom. The van der Waals surface area contributed by atoms with Gasteiger partial charge in [-0.05, 0) is 66.2 Å². The van der Waals surface area contributed by atoms with Crippen molar-refractivity contribution in [2.75, 3.05) is 7.11 Å². The smallest absolute Gasteiger partial charge is 0.343 e. The molecule has 3 rings (SSSR count). The van der Waals surface area contributed by atoms with Gasteiger partial charge < -0.3 is 9.47 Å². The average Bonchev–Trinajstić information content (AvgIpc) is 2.76. The van der Waals surface area contributed by atoms with Crippen LogP contribution in [0.1, 0.15) is 15.9 Å². The zero-order valence-electron chi connectivity index (χ0n) is 16.4. The van der Waals surface area contributed by atoms with Gasteiger partial charge in [-0.15, -0.1) is 0 Å². The summed E-state index contributed by atoms with van der Waals surface area (Å²) in [5, 5.41) is 4.71. The first-order valence-corrected chi connectivity index (χ1v) is 11.5. The molecule has 0 atom stereocenters. The van der Waals surface area contributed by atoms with Crippen molar-refractivity contribution in [3.63, 3.8) is 0 Å². The van der Waals surface area contributed by atoms with Gasteiger partial charge in [-0.25, -0.2) is 9.63 Å². The van der Waals surface area contributed by atoms with E-state index in [1.165, 1.54) is 67.9 Å². The van der Waals surface area contributed by atoms with Gasteiger partial charge in [-0.3, -0.25) is 0 Å². The number of carbonyl (C=O) groups excluding carboxylic acids is 1. The molecular formula is C21H15Cl3N2O5S. The first-order valence-electron chi connectivity index (χ1n) is 8.85. The van der Waals surface area contributed by atoms with E-state index in [1.54, 1.807) is 6.07 Å². The fourth-order valence-electron chi connectivity index (χ4n) is 2.47. The number of nitrogens with zero attached hydrogens (tertiary/aromatic N) is 1. The Hall–Kier alpha value is -2.78. The Balaban J connectivity index is 1.72. The largest absolute Gasteiger partial charge is 0.493 e. The van der Waals surface area contributed by atoms with Crippen LogP contribution >= 0.6 is 34.8 Å². The molecule has 0 unspecified atom stereocenters. The molecule has 3 aromatic rings. The Labute approximate surface area is 199 Å². The number of esters is 1. The minimum absolute atomic E-state index is 0.0150. The van der Waals surface area contributed by atoms with E-state index in [9.17, 15) is 13.2 Å². The normalized spacial score (nSPS) is 11.4. The van der Waals surface area contributed by atoms with Crippen LogP contribution in [0.3, 0.4) is 0 Å². The molecule has 0 saturated carbocycles. The van der Waals surface area contributed by atoms with Crippen molar-refractivity contribution in [2.45, 2.75) is 4.90 Å². The summed E-state index contributed by atoms with van der Waals surface area (Å²) in [6.45, 7) is 0. The maximum Gasteiger partial charge on any atom is 0.343 e. The number of hydrogen-bond donors (Lipinski definition) is 1. The summed E-state index contributed by atoms with van der Waals surface area (Å²) in [6, 6.07) is 14.6. The van der Waals surface area contributed by atoms with Gasteiger partial charge in [0.1, 0.15) is 0 Å². The summed E-state index contributed by atoms with van der Waals surface area (Å²) in [5.74, 6) is -0.260. The molecule has 0 aliphatic carbocycles. The van der Waals surface area contributed by atoms with Crippen LogP contribution in [0.2, 0.25) is 15.1 Å². The predicted octanol–water partition coefficient (Wildman–Crippen LogP) is 5.19. The summed E-state index contributed by atoms with van der Waals surface area (Å²) in [6.07, 6.45) is 1.28. The Morgan fingerprint density at radius 2 is 1.66 bits per heavy atom. The maximum absolute atomic E-state index is 12.4. The molecule has 0 saturated heterocycles. The zero-order chi connectivity index (χ0) is 23.3. The van der Waals surface area contributed by atoms with Crippen LogP contribution in [-0.4, -0.2) is 27.7 Å². The van der Waals surface area contributed by atoms with E-state index in [1.807, 2.05) is 0 Å². The van der Waals surface area contributed by atoms with Crippen LogP contribution in [0.4, 0.5) is 0 Å². The van der Waals surface area contributed by atoms with E-state index in [2.05, 4.69) is 9.93 Å². The van der Waals surface area contributed by atoms with Gasteiger partial charge in [0, 0.05) is 5.02 Å². The molecule has 0 heterocycles. The van der Waals surface area contributed by atoms with Gasteiger partial charge in [0.05, 0.1) is 33.8 Å². The van der Waals surface area contributed by atoms with Crippen LogP contribution < -0.4 is 14.3 Å². The minimum atomic E-state index is -3.85. The second-order valence-electron chi connectivity index (χ2n) is 6.24. The van der Waals surface area contributed by atoms with Gasteiger partial charge in [0.25, 0.3) is 10.0 Å². The maximum atomic E-state index is 12.4. The van der Waals surface area contributed by atoms with Gasteiger partial charge >= 0.3 is 5.97 Å². The molecule has 1 N–H and O–H groups in total. The minimum Gasteiger partial charge on any atom is -0.493 e. The quantitative estimate of drug-likeness (QED) is 0.203. The lowest BCUT2D eigenvalue weighted by atomic mass is 10.2. The van der Waals surface area contributed by atoms with Crippen molar-refractivity contribution < 1.29 is 22.7 Å². The molecule has 0 aromatic heterocycles. The van der Waals surface area contributed by atoms with Crippen LogP contribution in [0.15, 0.2) is 70.7 Å². The summed E-state index contributed by atoms with van der Waals surface area (Å²) >= 11 is 17.6. The third-order valence-electron chi connectivity index (χ3n) is 4.06. The molecular weight excluding hydrogens is 499 g/mol. The third kappa shape index (κ3) is 5.92. The highest BCUT2D eigenvalue weighted by Crippen LogP contribution is 2.29. The Kier molecular flexibility index (Phi) is 7.63. The van der Waals surface area contributed by atoms with E-state index >= 15 is 0 Å². The van der Waals surface area contributed by atoms with Crippen molar-refractivity contribution in [3.05, 3.63) is 86.9 Å². The van der Waals surface area contributed by atoms with Gasteiger partial charge in [0.2, 0.25) is 0 Å². The number of methoxy groups -OCH3 is 1. The van der Waals surface area contributed by atoms with Crippen LogP contribution in [-0.2, 0) is 10.0 Å². The fraction of sp³-hybridized carbons (Fsp3) is 0.0476. The van der Waals surface area contributed by atoms with E-state index < -0.39 is 16.0 Å². The summed E-state index contributed by atoms with van der Waals surface area (Å²) in [7, 11) is -2.45. The second-order valence-corrected chi connectivity index (χ2v) is 9.15. The first kappa shape index (κ1) is 23.9. The highest BCUT2D eigenvalue weighted by Gasteiger charge is 2.15. The number of hydrazone groups is 1. The number of benzene rings is 3. The summed E-state index contributed by atoms with van der Waals surface area (Å²) < 4.78 is 35.1. The summed E-state index contributed by atoms with van der Waals surface area (Å²) in [5.41, 5.74) is 0.707. The van der Waals surface area contributed by atoms with E-state index in [-0.39, 0.29) is 27.0 Å². The van der Waals surface area contributed by atoms with Crippen LogP contribution in [0.25, 0.3) is 0 Å². The molecule has 0 amide bonds. The van der Waals surface area contributed by atoms with Crippen molar-refractivity contribution in [3.8, 4) is 11.5 Å². The Morgan fingerprint density at radius 3 is 2.31 bits per heavy atom. The molecule has 0 aliphatic heterocycles. The molecule has 0 spiro atoms. The van der Waals surface area contributed by atoms with Crippen LogP contribution in [0, 0.1) is 0 Å². The highest BCUT2D eigenvalue weighted by atomic mass is 35.5. The number of nitrogens with one attached hydrogen (secondary N) is 1. The molecule has 11 heteroatoms. The lowest BCUT2D eigenvalue weighted by Crippen LogP contribution is -2.18. The summed E-state index contributed by atoms with van der Waals surface area (Å²) in [4.78, 5) is 14.5. The van der Waals surface area contributed by atoms with Crippen LogP contribution in [0.5, 0.6) is 11.5 Å². The Bertz CT molecular complexity index is 1280. The molecule has 32 heavy (non-hydrogen) atoms. The molecule has 0 aliphatic rings. The van der Waals surface area contributed by atoms with Gasteiger partial charge in [-0.1, -0.05) is 34.8 Å². The highest BCUT2D eigenvalue weighted by molar-refractivity contribution is 7.89. The standard InChI is InChI=1S/C21H15Cl3N2O5S/c1-30-20-10-13(12-25-26-32(28,29)16-6-4-15(22)5-7-16)2-9-19(20)31-21(27)14-3-8-17(23)18(24)11-14/h2-12,26H,1H3. The number of sulfonamides is 1. The number of hydrogen-bond acceptors (Lipinski definition) is 6. The molecule has 7 nitrogen and oxygen atoms in total. The topological polar surface area (TPSA) is 94.1 Å². The number of halogens is 3. The molecule has 0 bridgehead atoms. The monoisotopic (exact) mass is 512 g/mol. The third-order valence-corrected chi connectivity index (χ3v) is 6.29. The lowest BCUT2D eigenvalue weighted by Gasteiger charge is -2.10. The molecule has 3 aromatic carbocycles. The van der Waals surface area contributed by atoms with Gasteiger partial charge in [-0.2, -0.15) is 13.5 Å².